The number of benzene rings is 1. The number of amides is 1. The Labute approximate surface area is 159 Å². The molecule has 0 heterocycles. The van der Waals surface area contributed by atoms with Crippen molar-refractivity contribution in [2.24, 2.45) is 0 Å². The van der Waals surface area contributed by atoms with Crippen LogP contribution >= 0.6 is 11.8 Å². The molecule has 1 N–H and O–H groups in total. The quantitative estimate of drug-likeness (QED) is 0.536. The topological polar surface area (TPSA) is 38.3 Å². The summed E-state index contributed by atoms with van der Waals surface area (Å²) < 4.78 is 5.10. The van der Waals surface area contributed by atoms with Crippen LogP contribution in [0, 0.1) is 0 Å². The summed E-state index contributed by atoms with van der Waals surface area (Å²) in [6.45, 7) is 5.90. The Kier molecular flexibility index (Phi) is 22.4. The molecular weight excluding hydrogens is 414 g/mol. The van der Waals surface area contributed by atoms with Crippen molar-refractivity contribution in [2.75, 3.05) is 12.5 Å². The van der Waals surface area contributed by atoms with Gasteiger partial charge in [0.1, 0.15) is 6.61 Å². The Morgan fingerprint density at radius 1 is 1.36 bits per heavy atom. The first-order chi connectivity index (χ1) is 9.63. The van der Waals surface area contributed by atoms with Gasteiger partial charge in [0, 0.05) is 6.04 Å². The largest absolute Gasteiger partial charge is 1.00 e. The summed E-state index contributed by atoms with van der Waals surface area (Å²) in [5, 5.41) is 2.78. The fraction of sp³-hybridized carbons (Fsp3) is 0.438. The third kappa shape index (κ3) is 16.0. The van der Waals surface area contributed by atoms with Crippen molar-refractivity contribution >= 4 is 17.9 Å². The van der Waals surface area contributed by atoms with Crippen LogP contribution in [-0.2, 0) is 28.4 Å². The van der Waals surface area contributed by atoms with Gasteiger partial charge in [0.15, 0.2) is 0 Å². The first-order valence-electron chi connectivity index (χ1n) is 6.62. The second-order valence-corrected chi connectivity index (χ2v) is 5.20. The first-order valence-corrected chi connectivity index (χ1v) is 8.25. The van der Waals surface area contributed by atoms with Gasteiger partial charge in [-0.25, -0.2) is 4.79 Å². The van der Waals surface area contributed by atoms with Gasteiger partial charge < -0.3 is 27.0 Å². The number of allylic oxidation sites excluding steroid dienone is 1. The zero-order valence-electron chi connectivity index (χ0n) is 13.3. The van der Waals surface area contributed by atoms with Crippen LogP contribution in [-0.4, -0.2) is 24.6 Å². The summed E-state index contributed by atoms with van der Waals surface area (Å²) in [5.74, 6) is 0. The molecule has 0 aromatic heterocycles. The predicted octanol–water partition coefficient (Wildman–Crippen LogP) is 1.25. The van der Waals surface area contributed by atoms with E-state index in [9.17, 15) is 4.79 Å². The SMILES string of the molecule is C=CCC[C@@H](C)NC(=O)OCc1ccccc1.CSC.[Br-].[Cu+]. The van der Waals surface area contributed by atoms with E-state index in [2.05, 4.69) is 11.9 Å². The molecule has 3 nitrogen and oxygen atoms in total. The van der Waals surface area contributed by atoms with E-state index in [0.29, 0.717) is 6.61 Å². The minimum atomic E-state index is -0.370. The molecule has 0 bridgehead atoms. The number of alkyl carbamates (subject to hydrolysis) is 1. The summed E-state index contributed by atoms with van der Waals surface area (Å²) in [4.78, 5) is 11.4. The van der Waals surface area contributed by atoms with Crippen molar-refractivity contribution in [3.63, 3.8) is 0 Å². The summed E-state index contributed by atoms with van der Waals surface area (Å²) in [7, 11) is 0. The normalized spacial score (nSPS) is 9.77. The standard InChI is InChI=1S/C14H19NO2.C2H6S.BrH.Cu/c1-3-4-8-12(2)15-14(16)17-11-13-9-6-5-7-10-13;1-3-2;;/h3,5-7,9-10,12H,1,4,8,11H2,2H3,(H,15,16);1-2H3;1H;/q;;;+1/p-1/t12-;;;/m1.../s1. The maximum Gasteiger partial charge on any atom is 1.00 e. The molecule has 0 fully saturated rings. The molecule has 0 saturated carbocycles. The minimum Gasteiger partial charge on any atom is -1.00 e. The third-order valence-electron chi connectivity index (χ3n) is 2.38. The van der Waals surface area contributed by atoms with Crippen LogP contribution in [0.1, 0.15) is 25.3 Å². The molecule has 0 aliphatic carbocycles. The monoisotopic (exact) mass is 437 g/mol. The van der Waals surface area contributed by atoms with Crippen LogP contribution < -0.4 is 22.3 Å². The van der Waals surface area contributed by atoms with Crippen LogP contribution in [0.25, 0.3) is 0 Å². The van der Waals surface area contributed by atoms with E-state index in [1.807, 2.05) is 55.8 Å². The van der Waals surface area contributed by atoms with Gasteiger partial charge in [0.25, 0.3) is 0 Å². The van der Waals surface area contributed by atoms with E-state index in [1.165, 1.54) is 0 Å². The van der Waals surface area contributed by atoms with Crippen molar-refractivity contribution in [1.29, 1.82) is 0 Å². The van der Waals surface area contributed by atoms with Crippen LogP contribution in [0.5, 0.6) is 0 Å². The van der Waals surface area contributed by atoms with Gasteiger partial charge in [-0.15, -0.1) is 6.58 Å². The van der Waals surface area contributed by atoms with E-state index in [-0.39, 0.29) is 46.2 Å². The second kappa shape index (κ2) is 18.6. The van der Waals surface area contributed by atoms with Crippen LogP contribution in [0.2, 0.25) is 0 Å². The van der Waals surface area contributed by atoms with Gasteiger partial charge in [-0.2, -0.15) is 11.8 Å². The van der Waals surface area contributed by atoms with Gasteiger partial charge in [0.2, 0.25) is 0 Å². The Hall–Kier alpha value is -0.421. The predicted molar refractivity (Wildman–Crippen MR) is 88.1 cm³/mol. The van der Waals surface area contributed by atoms with E-state index in [4.69, 9.17) is 4.74 Å². The van der Waals surface area contributed by atoms with Gasteiger partial charge in [-0.3, -0.25) is 0 Å². The third-order valence-corrected chi connectivity index (χ3v) is 2.38. The zero-order valence-corrected chi connectivity index (χ0v) is 16.6. The molecule has 0 radical (unpaired) electrons. The van der Waals surface area contributed by atoms with E-state index in [1.54, 1.807) is 11.8 Å². The van der Waals surface area contributed by atoms with Crippen molar-refractivity contribution in [2.45, 2.75) is 32.4 Å². The maximum atomic E-state index is 11.4. The Balaban J connectivity index is -0.000000666. The fourth-order valence-corrected chi connectivity index (χ4v) is 1.41. The number of hydrogen-bond acceptors (Lipinski definition) is 3. The molecule has 0 saturated heterocycles. The number of halogens is 1. The molecule has 0 spiro atoms. The minimum absolute atomic E-state index is 0. The molecule has 22 heavy (non-hydrogen) atoms. The molecule has 0 aliphatic rings. The molecule has 1 rings (SSSR count). The number of rotatable bonds is 6. The number of thioether (sulfide) groups is 1. The fourth-order valence-electron chi connectivity index (χ4n) is 1.41. The van der Waals surface area contributed by atoms with Crippen LogP contribution in [0.3, 0.4) is 0 Å². The van der Waals surface area contributed by atoms with E-state index < -0.39 is 0 Å². The summed E-state index contributed by atoms with van der Waals surface area (Å²) in [6.07, 6.45) is 7.32. The number of carbonyl (C=O) groups excluding carboxylic acids is 1. The van der Waals surface area contributed by atoms with Gasteiger partial charge in [-0.05, 0) is 37.8 Å². The molecular formula is C16H25BrCuNO2S. The van der Waals surface area contributed by atoms with Crippen molar-refractivity contribution in [1.82, 2.24) is 5.32 Å². The maximum absolute atomic E-state index is 11.4. The molecule has 6 heteroatoms. The van der Waals surface area contributed by atoms with Crippen molar-refractivity contribution in [3.8, 4) is 0 Å². The van der Waals surface area contributed by atoms with Gasteiger partial charge >= 0.3 is 23.2 Å². The van der Waals surface area contributed by atoms with Crippen molar-refractivity contribution in [3.05, 3.63) is 48.6 Å². The summed E-state index contributed by atoms with van der Waals surface area (Å²) in [6, 6.07) is 9.73. The molecule has 1 amide bonds. The molecule has 1 aromatic carbocycles. The van der Waals surface area contributed by atoms with Crippen molar-refractivity contribution < 1.29 is 43.6 Å². The summed E-state index contributed by atoms with van der Waals surface area (Å²) in [5.41, 5.74) is 0.987. The van der Waals surface area contributed by atoms with Crippen LogP contribution in [0.4, 0.5) is 4.79 Å². The Morgan fingerprint density at radius 3 is 2.41 bits per heavy atom. The Morgan fingerprint density at radius 2 is 1.91 bits per heavy atom. The molecule has 0 unspecified atom stereocenters. The number of carbonyl (C=O) groups is 1. The van der Waals surface area contributed by atoms with E-state index in [0.717, 1.165) is 18.4 Å². The number of nitrogens with one attached hydrogen (secondary N) is 1. The average molecular weight is 439 g/mol. The summed E-state index contributed by atoms with van der Waals surface area (Å²) >= 11 is 1.75. The van der Waals surface area contributed by atoms with Gasteiger partial charge in [0.05, 0.1) is 0 Å². The second-order valence-electron chi connectivity index (χ2n) is 4.38. The zero-order chi connectivity index (χ0) is 15.2. The van der Waals surface area contributed by atoms with E-state index >= 15 is 0 Å². The smallest absolute Gasteiger partial charge is 1.00 e. The molecule has 1 atom stereocenters. The first kappa shape index (κ1) is 26.5. The molecule has 1 aromatic rings. The number of ether oxygens (including phenoxy) is 1. The molecule has 130 valence electrons. The number of hydrogen-bond donors (Lipinski definition) is 1. The Bertz CT molecular complexity index is 380. The van der Waals surface area contributed by atoms with Gasteiger partial charge in [-0.1, -0.05) is 36.4 Å². The average Bonchev–Trinajstić information content (AvgIpc) is 2.45. The van der Waals surface area contributed by atoms with Crippen LogP contribution in [0.15, 0.2) is 43.0 Å². The molecule has 0 aliphatic heterocycles.